The first kappa shape index (κ1) is 12.7. The second kappa shape index (κ2) is 5.09. The van der Waals surface area contributed by atoms with Crippen molar-refractivity contribution in [3.05, 3.63) is 28.5 Å². The Balaban J connectivity index is 2.70. The van der Waals surface area contributed by atoms with E-state index in [0.717, 1.165) is 4.47 Å². The second-order valence-electron chi connectivity index (χ2n) is 4.00. The minimum atomic E-state index is -1.23. The van der Waals surface area contributed by atoms with E-state index in [-0.39, 0.29) is 4.75 Å². The molecule has 1 unspecified atom stereocenters. The quantitative estimate of drug-likeness (QED) is 0.621. The third-order valence-corrected chi connectivity index (χ3v) is 3.37. The lowest BCUT2D eigenvalue weighted by molar-refractivity contribution is 0.562. The first-order valence-corrected chi connectivity index (χ1v) is 6.37. The lowest BCUT2D eigenvalue weighted by atomic mass is 10.3. The monoisotopic (exact) mass is 288 g/mol. The standard InChI is InChI=1S/C10H13BrN2OS/c1-10(2,3)15(14)13-7-9-5-4-8(11)6-12-9/h4-7H,1-3H3/b13-7-. The van der Waals surface area contributed by atoms with Gasteiger partial charge in [-0.15, -0.1) is 0 Å². The van der Waals surface area contributed by atoms with Crippen LogP contribution in [0.3, 0.4) is 0 Å². The molecule has 82 valence electrons. The van der Waals surface area contributed by atoms with Crippen LogP contribution in [0.1, 0.15) is 26.5 Å². The zero-order valence-electron chi connectivity index (χ0n) is 8.90. The van der Waals surface area contributed by atoms with Crippen LogP contribution in [0.5, 0.6) is 0 Å². The van der Waals surface area contributed by atoms with E-state index in [0.29, 0.717) is 5.69 Å². The Labute approximate surface area is 101 Å². The van der Waals surface area contributed by atoms with Crippen LogP contribution in [-0.2, 0) is 11.4 Å². The molecule has 0 fully saturated rings. The summed E-state index contributed by atoms with van der Waals surface area (Å²) in [6.07, 6.45) is 3.22. The van der Waals surface area contributed by atoms with Crippen molar-refractivity contribution >= 4 is 33.5 Å². The Morgan fingerprint density at radius 1 is 1.47 bits per heavy atom. The van der Waals surface area contributed by atoms with Crippen LogP contribution in [0.2, 0.25) is 0 Å². The van der Waals surface area contributed by atoms with Gasteiger partial charge in [0.05, 0.1) is 5.69 Å². The fourth-order valence-corrected chi connectivity index (χ4v) is 1.48. The van der Waals surface area contributed by atoms with Gasteiger partial charge in [-0.25, -0.2) is 0 Å². The predicted octanol–water partition coefficient (Wildman–Crippen LogP) is 2.73. The number of halogens is 1. The molecule has 0 N–H and O–H groups in total. The maximum absolute atomic E-state index is 11.6. The van der Waals surface area contributed by atoms with E-state index >= 15 is 0 Å². The fraction of sp³-hybridized carbons (Fsp3) is 0.400. The van der Waals surface area contributed by atoms with Crippen LogP contribution in [0.25, 0.3) is 0 Å². The number of nitrogens with zero attached hydrogens (tertiary/aromatic N) is 2. The molecule has 15 heavy (non-hydrogen) atoms. The molecule has 0 saturated carbocycles. The van der Waals surface area contributed by atoms with E-state index in [1.807, 2.05) is 32.9 Å². The summed E-state index contributed by atoms with van der Waals surface area (Å²) in [4.78, 5) is 4.10. The summed E-state index contributed by atoms with van der Waals surface area (Å²) in [5, 5.41) is 0. The zero-order valence-corrected chi connectivity index (χ0v) is 11.3. The van der Waals surface area contributed by atoms with E-state index in [4.69, 9.17) is 0 Å². The molecule has 0 aromatic carbocycles. The topological polar surface area (TPSA) is 48.3 Å². The Bertz CT molecular complexity index is 345. The summed E-state index contributed by atoms with van der Waals surface area (Å²) in [7, 11) is 0. The molecule has 1 rings (SSSR count). The fourth-order valence-electron chi connectivity index (χ4n) is 0.724. The van der Waals surface area contributed by atoms with E-state index in [2.05, 4.69) is 25.3 Å². The van der Waals surface area contributed by atoms with E-state index in [1.165, 1.54) is 6.21 Å². The molecule has 1 atom stereocenters. The highest BCUT2D eigenvalue weighted by Crippen LogP contribution is 2.16. The maximum Gasteiger partial charge on any atom is 0.144 e. The lowest BCUT2D eigenvalue weighted by Gasteiger charge is -2.17. The molecule has 0 amide bonds. The molecule has 0 spiro atoms. The smallest absolute Gasteiger partial charge is 0.144 e. The largest absolute Gasteiger partial charge is 0.591 e. The Morgan fingerprint density at radius 3 is 2.60 bits per heavy atom. The van der Waals surface area contributed by atoms with Crippen molar-refractivity contribution in [1.29, 1.82) is 0 Å². The highest BCUT2D eigenvalue weighted by molar-refractivity contribution is 9.10. The summed E-state index contributed by atoms with van der Waals surface area (Å²) < 4.78 is 16.1. The van der Waals surface area contributed by atoms with Gasteiger partial charge in [-0.3, -0.25) is 4.98 Å². The van der Waals surface area contributed by atoms with Crippen LogP contribution in [0, 0.1) is 0 Å². The van der Waals surface area contributed by atoms with Gasteiger partial charge in [-0.05, 0) is 48.8 Å². The van der Waals surface area contributed by atoms with Crippen LogP contribution in [-0.4, -0.2) is 20.5 Å². The summed E-state index contributed by atoms with van der Waals surface area (Å²) in [6, 6.07) is 3.68. The van der Waals surface area contributed by atoms with Gasteiger partial charge in [0.2, 0.25) is 0 Å². The predicted molar refractivity (Wildman–Crippen MR) is 67.4 cm³/mol. The Hall–Kier alpha value is -0.390. The summed E-state index contributed by atoms with van der Waals surface area (Å²) >= 11 is 2.06. The number of aromatic nitrogens is 1. The van der Waals surface area contributed by atoms with E-state index in [1.54, 1.807) is 6.20 Å². The van der Waals surface area contributed by atoms with Gasteiger partial charge in [-0.1, -0.05) is 4.40 Å². The number of hydrogen-bond acceptors (Lipinski definition) is 3. The maximum atomic E-state index is 11.6. The Morgan fingerprint density at radius 2 is 2.13 bits per heavy atom. The Kier molecular flexibility index (Phi) is 4.31. The minimum absolute atomic E-state index is 0.328. The SMILES string of the molecule is CC(C)(C)[S+]([O-])/N=C\c1ccc(Br)cn1. The van der Waals surface area contributed by atoms with Crippen molar-refractivity contribution in [3.8, 4) is 0 Å². The molecule has 5 heteroatoms. The van der Waals surface area contributed by atoms with Crippen LogP contribution < -0.4 is 0 Å². The molecule has 0 bridgehead atoms. The van der Waals surface area contributed by atoms with Crippen LogP contribution in [0.15, 0.2) is 27.2 Å². The van der Waals surface area contributed by atoms with E-state index < -0.39 is 11.4 Å². The van der Waals surface area contributed by atoms with Crippen molar-refractivity contribution < 1.29 is 4.55 Å². The molecule has 0 aliphatic carbocycles. The van der Waals surface area contributed by atoms with Crippen molar-refractivity contribution in [2.75, 3.05) is 0 Å². The molecule has 3 nitrogen and oxygen atoms in total. The van der Waals surface area contributed by atoms with Crippen molar-refractivity contribution in [1.82, 2.24) is 4.98 Å². The second-order valence-corrected chi connectivity index (χ2v) is 6.85. The van der Waals surface area contributed by atoms with Gasteiger partial charge in [0, 0.05) is 10.7 Å². The normalized spacial score (nSPS) is 14.5. The number of rotatable bonds is 2. The zero-order chi connectivity index (χ0) is 11.5. The highest BCUT2D eigenvalue weighted by Gasteiger charge is 2.25. The minimum Gasteiger partial charge on any atom is -0.591 e. The van der Waals surface area contributed by atoms with Crippen molar-refractivity contribution in [2.24, 2.45) is 4.40 Å². The van der Waals surface area contributed by atoms with Crippen LogP contribution >= 0.6 is 15.9 Å². The van der Waals surface area contributed by atoms with Crippen molar-refractivity contribution in [3.63, 3.8) is 0 Å². The first-order chi connectivity index (χ1) is 6.89. The van der Waals surface area contributed by atoms with Gasteiger partial charge in [0.25, 0.3) is 0 Å². The number of hydrogen-bond donors (Lipinski definition) is 0. The van der Waals surface area contributed by atoms with Gasteiger partial charge >= 0.3 is 0 Å². The molecule has 1 aromatic rings. The summed E-state index contributed by atoms with van der Waals surface area (Å²) in [5.74, 6) is 0. The average Bonchev–Trinajstić information content (AvgIpc) is 2.15. The molecular weight excluding hydrogens is 276 g/mol. The highest BCUT2D eigenvalue weighted by atomic mass is 79.9. The molecule has 1 aromatic heterocycles. The van der Waals surface area contributed by atoms with Gasteiger partial charge < -0.3 is 4.55 Å². The third-order valence-electron chi connectivity index (χ3n) is 1.55. The lowest BCUT2D eigenvalue weighted by Crippen LogP contribution is -2.25. The first-order valence-electron chi connectivity index (χ1n) is 4.47. The van der Waals surface area contributed by atoms with Gasteiger partial charge in [-0.2, -0.15) is 0 Å². The van der Waals surface area contributed by atoms with Gasteiger partial charge in [0.1, 0.15) is 22.3 Å². The molecule has 0 aliphatic rings. The average molecular weight is 289 g/mol. The van der Waals surface area contributed by atoms with Crippen molar-refractivity contribution in [2.45, 2.75) is 25.5 Å². The molecule has 0 saturated heterocycles. The third kappa shape index (κ3) is 4.32. The molecule has 1 heterocycles. The van der Waals surface area contributed by atoms with Gasteiger partial charge in [0.15, 0.2) is 0 Å². The van der Waals surface area contributed by atoms with Crippen LogP contribution in [0.4, 0.5) is 0 Å². The summed E-state index contributed by atoms with van der Waals surface area (Å²) in [5.41, 5.74) is 0.704. The summed E-state index contributed by atoms with van der Waals surface area (Å²) in [6.45, 7) is 5.65. The molecule has 0 radical (unpaired) electrons. The van der Waals surface area contributed by atoms with E-state index in [9.17, 15) is 4.55 Å². The number of pyridine rings is 1. The molecular formula is C10H13BrN2OS. The molecule has 0 aliphatic heterocycles.